The van der Waals surface area contributed by atoms with Crippen molar-refractivity contribution in [1.29, 1.82) is 0 Å². The van der Waals surface area contributed by atoms with Crippen molar-refractivity contribution in [1.82, 2.24) is 4.72 Å². The Morgan fingerprint density at radius 2 is 1.43 bits per heavy atom. The number of nitrogens with one attached hydrogen (secondary N) is 1. The van der Waals surface area contributed by atoms with E-state index in [1.54, 1.807) is 6.92 Å². The monoisotopic (exact) mass is 433 g/mol. The lowest BCUT2D eigenvalue weighted by molar-refractivity contribution is -0.194. The number of carboxylic acids is 1. The summed E-state index contributed by atoms with van der Waals surface area (Å²) in [6, 6.07) is -5.13. The Morgan fingerprint density at radius 1 is 0.929 bits per heavy atom. The van der Waals surface area contributed by atoms with Gasteiger partial charge in [-0.25, -0.2) is 13.2 Å². The molecule has 0 fully saturated rings. The summed E-state index contributed by atoms with van der Waals surface area (Å²) in [5, 5.41) is 8.94. The highest BCUT2D eigenvalue weighted by molar-refractivity contribution is 7.89. The van der Waals surface area contributed by atoms with Gasteiger partial charge in [0.1, 0.15) is 0 Å². The number of unbranched alkanes of at least 4 members (excludes halogenated alkanes) is 6. The Morgan fingerprint density at radius 3 is 1.93 bits per heavy atom. The van der Waals surface area contributed by atoms with Crippen LogP contribution in [0.15, 0.2) is 11.1 Å². The largest absolute Gasteiger partial charge is 0.478 e. The molecule has 0 aromatic carbocycles. The highest BCUT2D eigenvalue weighted by atomic mass is 32.2. The molecule has 0 spiro atoms. The lowest BCUT2D eigenvalue weighted by Gasteiger charge is -2.30. The Labute approximate surface area is 164 Å². The van der Waals surface area contributed by atoms with Crippen molar-refractivity contribution >= 4 is 16.0 Å². The second-order valence-corrected chi connectivity index (χ2v) is 8.69. The minimum absolute atomic E-state index is 0.0656. The first-order valence-electron chi connectivity index (χ1n) is 9.53. The van der Waals surface area contributed by atoms with E-state index in [2.05, 4.69) is 0 Å². The topological polar surface area (TPSA) is 83.5 Å². The van der Waals surface area contributed by atoms with E-state index in [1.165, 1.54) is 0 Å². The molecule has 5 nitrogen and oxygen atoms in total. The van der Waals surface area contributed by atoms with Crippen LogP contribution in [-0.2, 0) is 14.8 Å². The van der Waals surface area contributed by atoms with Crippen LogP contribution >= 0.6 is 0 Å². The van der Waals surface area contributed by atoms with E-state index < -0.39 is 51.3 Å². The summed E-state index contributed by atoms with van der Waals surface area (Å²) in [6.07, 6.45) is 4.02. The Kier molecular flexibility index (Phi) is 11.3. The first-order valence-corrected chi connectivity index (χ1v) is 11.2. The fourth-order valence-electron chi connectivity index (χ4n) is 2.63. The van der Waals surface area contributed by atoms with Gasteiger partial charge in [-0.05, 0) is 26.2 Å². The summed E-state index contributed by atoms with van der Waals surface area (Å²) in [5.74, 6) is -7.41. The van der Waals surface area contributed by atoms with Crippen molar-refractivity contribution in [2.75, 3.05) is 5.75 Å². The van der Waals surface area contributed by atoms with Crippen LogP contribution in [-0.4, -0.2) is 37.2 Å². The van der Waals surface area contributed by atoms with Gasteiger partial charge in [0.25, 0.3) is 0 Å². The molecule has 0 atom stereocenters. The number of halogens is 4. The molecule has 0 saturated heterocycles. The van der Waals surface area contributed by atoms with Gasteiger partial charge in [-0.15, -0.1) is 4.72 Å². The number of alkyl halides is 4. The summed E-state index contributed by atoms with van der Waals surface area (Å²) in [7, 11) is -4.67. The third kappa shape index (κ3) is 8.46. The molecule has 0 amide bonds. The third-order valence-corrected chi connectivity index (χ3v) is 5.77. The molecule has 0 aromatic rings. The molecule has 0 aliphatic rings. The standard InChI is InChI=1S/C18H31F4NO4S/c1-4-6-8-9-10-11-13-28(26,27)23-18(21,22)17(19,20)15(12-7-5-2)14(3)16(24)25/h23H,4-13H2,1-3H3,(H,24,25). The van der Waals surface area contributed by atoms with Crippen molar-refractivity contribution in [3.63, 3.8) is 0 Å². The summed E-state index contributed by atoms with van der Waals surface area (Å²) in [5.41, 5.74) is -2.18. The lowest BCUT2D eigenvalue weighted by Crippen LogP contribution is -2.55. The zero-order valence-corrected chi connectivity index (χ0v) is 17.5. The van der Waals surface area contributed by atoms with Gasteiger partial charge < -0.3 is 5.11 Å². The molecule has 28 heavy (non-hydrogen) atoms. The third-order valence-electron chi connectivity index (χ3n) is 4.38. The average molecular weight is 434 g/mol. The zero-order chi connectivity index (χ0) is 22.0. The van der Waals surface area contributed by atoms with Gasteiger partial charge in [0.15, 0.2) is 0 Å². The average Bonchev–Trinajstić information content (AvgIpc) is 2.56. The van der Waals surface area contributed by atoms with Crippen LogP contribution in [0.2, 0.25) is 0 Å². The predicted octanol–water partition coefficient (Wildman–Crippen LogP) is 5.09. The highest BCUT2D eigenvalue weighted by Crippen LogP contribution is 2.42. The van der Waals surface area contributed by atoms with Crippen LogP contribution in [0.5, 0.6) is 0 Å². The van der Waals surface area contributed by atoms with Crippen LogP contribution in [0.4, 0.5) is 17.6 Å². The molecule has 166 valence electrons. The van der Waals surface area contributed by atoms with E-state index >= 15 is 0 Å². The van der Waals surface area contributed by atoms with Crippen LogP contribution in [0, 0.1) is 0 Å². The van der Waals surface area contributed by atoms with E-state index in [1.807, 2.05) is 6.92 Å². The van der Waals surface area contributed by atoms with Crippen molar-refractivity contribution in [2.45, 2.75) is 90.5 Å². The van der Waals surface area contributed by atoms with E-state index in [0.717, 1.165) is 37.3 Å². The maximum absolute atomic E-state index is 14.5. The normalized spacial score (nSPS) is 14.1. The smallest absolute Gasteiger partial charge is 0.381 e. The zero-order valence-electron chi connectivity index (χ0n) is 16.7. The minimum Gasteiger partial charge on any atom is -0.478 e. The molecule has 0 radical (unpaired) electrons. The molecule has 0 unspecified atom stereocenters. The number of carboxylic acid groups (broad SMARTS) is 1. The Balaban J connectivity index is 5.30. The first kappa shape index (κ1) is 26.8. The molecular formula is C18H31F4NO4S. The minimum atomic E-state index is -5.13. The van der Waals surface area contributed by atoms with E-state index in [4.69, 9.17) is 5.11 Å². The second kappa shape index (κ2) is 11.7. The van der Waals surface area contributed by atoms with Gasteiger partial charge in [0.2, 0.25) is 10.0 Å². The molecule has 0 aromatic heterocycles. The van der Waals surface area contributed by atoms with Crippen LogP contribution in [0.3, 0.4) is 0 Å². The van der Waals surface area contributed by atoms with E-state index in [-0.39, 0.29) is 12.8 Å². The van der Waals surface area contributed by atoms with Gasteiger partial charge in [0, 0.05) is 11.1 Å². The van der Waals surface area contributed by atoms with Crippen molar-refractivity contribution in [2.24, 2.45) is 0 Å². The number of rotatable bonds is 15. The molecule has 0 heterocycles. The summed E-state index contributed by atoms with van der Waals surface area (Å²) < 4.78 is 81.9. The molecule has 0 saturated carbocycles. The molecule has 0 bridgehead atoms. The highest BCUT2D eigenvalue weighted by Gasteiger charge is 2.61. The van der Waals surface area contributed by atoms with Crippen LogP contribution < -0.4 is 4.72 Å². The lowest BCUT2D eigenvalue weighted by atomic mass is 9.95. The number of hydrogen-bond donors (Lipinski definition) is 2. The SMILES string of the molecule is CCCCCCCCS(=O)(=O)NC(F)(F)C(F)(F)C(CCCC)=C(C)C(=O)O. The van der Waals surface area contributed by atoms with Crippen molar-refractivity contribution in [3.05, 3.63) is 11.1 Å². The number of aliphatic carboxylic acids is 1. The second-order valence-electron chi connectivity index (χ2n) is 6.85. The maximum Gasteiger partial charge on any atom is 0.381 e. The molecule has 0 aliphatic carbocycles. The summed E-state index contributed by atoms with van der Waals surface area (Å²) in [4.78, 5) is 11.0. The van der Waals surface area contributed by atoms with Gasteiger partial charge in [0.05, 0.1) is 5.75 Å². The Hall–Kier alpha value is -1.16. The summed E-state index contributed by atoms with van der Waals surface area (Å²) >= 11 is 0. The number of sulfonamides is 1. The van der Waals surface area contributed by atoms with E-state index in [9.17, 15) is 30.8 Å². The molecule has 0 aliphatic heterocycles. The molecular weight excluding hydrogens is 402 g/mol. The number of carbonyl (C=O) groups is 1. The van der Waals surface area contributed by atoms with Crippen LogP contribution in [0.1, 0.15) is 78.6 Å². The van der Waals surface area contributed by atoms with Crippen molar-refractivity contribution in [3.8, 4) is 0 Å². The maximum atomic E-state index is 14.5. The predicted molar refractivity (Wildman–Crippen MR) is 100 cm³/mol. The number of hydrogen-bond acceptors (Lipinski definition) is 3. The summed E-state index contributed by atoms with van der Waals surface area (Å²) in [6.45, 7) is 4.45. The quantitative estimate of drug-likeness (QED) is 0.163. The van der Waals surface area contributed by atoms with E-state index in [0.29, 0.717) is 12.8 Å². The van der Waals surface area contributed by atoms with Crippen LogP contribution in [0.25, 0.3) is 0 Å². The first-order chi connectivity index (χ1) is 12.8. The molecule has 10 heteroatoms. The van der Waals surface area contributed by atoms with Crippen molar-refractivity contribution < 1.29 is 35.9 Å². The molecule has 0 rings (SSSR count). The fraction of sp³-hybridized carbons (Fsp3) is 0.833. The fourth-order valence-corrected chi connectivity index (χ4v) is 3.84. The van der Waals surface area contributed by atoms with Gasteiger partial charge in [-0.3, -0.25) is 0 Å². The molecule has 2 N–H and O–H groups in total. The van der Waals surface area contributed by atoms with Gasteiger partial charge >= 0.3 is 17.9 Å². The van der Waals surface area contributed by atoms with Gasteiger partial charge in [-0.1, -0.05) is 52.4 Å². The Bertz CT molecular complexity index is 633. The van der Waals surface area contributed by atoms with Gasteiger partial charge in [-0.2, -0.15) is 17.6 Å².